The maximum Gasteiger partial charge on any atom is 0.314 e. The normalized spacial score (nSPS) is 13.0. The first-order valence-corrected chi connectivity index (χ1v) is 10.3. The number of unbranched alkanes of at least 4 members (excludes halogenated alkanes) is 12. The summed E-state index contributed by atoms with van der Waals surface area (Å²) < 4.78 is 4.88. The average molecular weight is 361 g/mol. The zero-order valence-corrected chi connectivity index (χ0v) is 16.3. The van der Waals surface area contributed by atoms with E-state index in [1.807, 2.05) is 0 Å². The Morgan fingerprint density at radius 1 is 0.760 bits per heavy atom. The molecule has 0 heterocycles. The zero-order chi connectivity index (χ0) is 19.0. The smallest absolute Gasteiger partial charge is 0.314 e. The molecule has 5 nitrogen and oxygen atoms in total. The number of carbonyl (C=O) groups is 1. The Labute approximate surface area is 153 Å². The Morgan fingerprint density at radius 3 is 1.52 bits per heavy atom. The molecule has 0 aromatic heterocycles. The van der Waals surface area contributed by atoms with Crippen molar-refractivity contribution in [3.8, 4) is 0 Å². The molecular formula is C20H40O5. The van der Waals surface area contributed by atoms with Crippen LogP contribution in [0.1, 0.15) is 110 Å². The van der Waals surface area contributed by atoms with Gasteiger partial charge in [-0.05, 0) is 12.8 Å². The fraction of sp³-hybridized carbons (Fsp3) is 0.950. The van der Waals surface area contributed by atoms with Gasteiger partial charge in [0.2, 0.25) is 0 Å². The van der Waals surface area contributed by atoms with Crippen molar-refractivity contribution in [2.75, 3.05) is 0 Å². The van der Waals surface area contributed by atoms with Gasteiger partial charge in [-0.15, -0.1) is 0 Å². The minimum Gasteiger partial charge on any atom is -0.454 e. The van der Waals surface area contributed by atoms with E-state index in [0.717, 1.165) is 19.3 Å². The van der Waals surface area contributed by atoms with Crippen molar-refractivity contribution < 1.29 is 24.9 Å². The number of aliphatic hydroxyl groups is 3. The molecule has 5 heteroatoms. The van der Waals surface area contributed by atoms with Crippen molar-refractivity contribution in [2.24, 2.45) is 0 Å². The largest absolute Gasteiger partial charge is 0.454 e. The van der Waals surface area contributed by atoms with Gasteiger partial charge in [-0.3, -0.25) is 4.79 Å². The molecule has 0 aliphatic heterocycles. The van der Waals surface area contributed by atoms with Gasteiger partial charge in [0.25, 0.3) is 0 Å². The van der Waals surface area contributed by atoms with E-state index < -0.39 is 18.0 Å². The topological polar surface area (TPSA) is 87.0 Å². The molecule has 0 saturated heterocycles. The maximum absolute atomic E-state index is 11.6. The molecule has 1 atom stereocenters. The lowest BCUT2D eigenvalue weighted by atomic mass is 10.0. The molecule has 0 aromatic carbocycles. The molecule has 0 radical (unpaired) electrons. The van der Waals surface area contributed by atoms with E-state index >= 15 is 0 Å². The summed E-state index contributed by atoms with van der Waals surface area (Å²) in [6.07, 6.45) is 15.2. The lowest BCUT2D eigenvalue weighted by molar-refractivity contribution is -0.356. The van der Waals surface area contributed by atoms with Crippen molar-refractivity contribution in [3.63, 3.8) is 0 Å². The van der Waals surface area contributed by atoms with Crippen LogP contribution in [0.3, 0.4) is 0 Å². The summed E-state index contributed by atoms with van der Waals surface area (Å²) in [7, 11) is 0. The number of rotatable bonds is 17. The van der Waals surface area contributed by atoms with Crippen LogP contribution in [0.25, 0.3) is 0 Å². The first-order valence-electron chi connectivity index (χ1n) is 10.3. The van der Waals surface area contributed by atoms with Crippen LogP contribution in [0.5, 0.6) is 0 Å². The molecule has 0 saturated carbocycles. The van der Waals surface area contributed by atoms with Crippen LogP contribution in [0.15, 0.2) is 0 Å². The van der Waals surface area contributed by atoms with Gasteiger partial charge in [-0.1, -0.05) is 90.9 Å². The Morgan fingerprint density at radius 2 is 1.16 bits per heavy atom. The van der Waals surface area contributed by atoms with Crippen LogP contribution >= 0.6 is 0 Å². The first kappa shape index (κ1) is 24.4. The van der Waals surface area contributed by atoms with Gasteiger partial charge in [-0.2, -0.15) is 0 Å². The minimum absolute atomic E-state index is 0.147. The molecule has 0 spiro atoms. The molecule has 0 aliphatic rings. The lowest BCUT2D eigenvalue weighted by Gasteiger charge is -2.24. The summed E-state index contributed by atoms with van der Waals surface area (Å²) in [5, 5.41) is 27.1. The number of hydrogen-bond acceptors (Lipinski definition) is 5. The summed E-state index contributed by atoms with van der Waals surface area (Å²) in [6.45, 7) is 3.86. The highest BCUT2D eigenvalue weighted by Gasteiger charge is 2.33. The van der Waals surface area contributed by atoms with Crippen molar-refractivity contribution >= 4 is 5.97 Å². The molecule has 0 aromatic rings. The molecule has 150 valence electrons. The number of hydrogen-bond donors (Lipinski definition) is 3. The third-order valence-corrected chi connectivity index (χ3v) is 4.56. The van der Waals surface area contributed by atoms with Crippen molar-refractivity contribution in [2.45, 2.75) is 122 Å². The average Bonchev–Trinajstić information content (AvgIpc) is 2.55. The van der Waals surface area contributed by atoms with Crippen LogP contribution in [0, 0.1) is 0 Å². The molecular weight excluding hydrogens is 320 g/mol. The quantitative estimate of drug-likeness (QED) is 0.203. The van der Waals surface area contributed by atoms with Gasteiger partial charge < -0.3 is 20.1 Å². The molecule has 0 aliphatic carbocycles. The molecule has 25 heavy (non-hydrogen) atoms. The number of esters is 1. The SMILES string of the molecule is CCCCCCCCCCCCCCCC(=O)OC(CC)C(O)(O)O. The van der Waals surface area contributed by atoms with Crippen molar-refractivity contribution in [1.29, 1.82) is 0 Å². The highest BCUT2D eigenvalue weighted by Crippen LogP contribution is 2.15. The summed E-state index contributed by atoms with van der Waals surface area (Å²) in [5.41, 5.74) is 0. The zero-order valence-electron chi connectivity index (χ0n) is 16.3. The van der Waals surface area contributed by atoms with Crippen LogP contribution in [0.2, 0.25) is 0 Å². The second-order valence-corrected chi connectivity index (χ2v) is 7.07. The summed E-state index contributed by atoms with van der Waals surface area (Å²) in [5.74, 6) is -3.45. The standard InChI is InChI=1S/C20H40O5/c1-3-5-6-7-8-9-10-11-12-13-14-15-16-17-19(21)25-18(4-2)20(22,23)24/h18,22-24H,3-17H2,1-2H3. The van der Waals surface area contributed by atoms with E-state index in [4.69, 9.17) is 20.1 Å². The van der Waals surface area contributed by atoms with Gasteiger partial charge in [0.1, 0.15) is 0 Å². The van der Waals surface area contributed by atoms with Gasteiger partial charge in [0, 0.05) is 6.42 Å². The Kier molecular flexibility index (Phi) is 15.2. The third-order valence-electron chi connectivity index (χ3n) is 4.56. The number of carbonyl (C=O) groups excluding carboxylic acids is 1. The fourth-order valence-electron chi connectivity index (χ4n) is 2.94. The van der Waals surface area contributed by atoms with Crippen LogP contribution < -0.4 is 0 Å². The van der Waals surface area contributed by atoms with Gasteiger partial charge in [0.15, 0.2) is 6.10 Å². The molecule has 1 unspecified atom stereocenters. The summed E-state index contributed by atoms with van der Waals surface area (Å²) in [6, 6.07) is 0. The van der Waals surface area contributed by atoms with Crippen molar-refractivity contribution in [1.82, 2.24) is 0 Å². The van der Waals surface area contributed by atoms with E-state index in [2.05, 4.69) is 6.92 Å². The van der Waals surface area contributed by atoms with E-state index in [0.29, 0.717) is 0 Å². The van der Waals surface area contributed by atoms with Crippen molar-refractivity contribution in [3.05, 3.63) is 0 Å². The van der Waals surface area contributed by atoms with E-state index in [1.54, 1.807) is 6.92 Å². The Hall–Kier alpha value is -0.650. The van der Waals surface area contributed by atoms with Gasteiger partial charge in [0.05, 0.1) is 0 Å². The number of ether oxygens (including phenoxy) is 1. The van der Waals surface area contributed by atoms with E-state index in [-0.39, 0.29) is 12.8 Å². The fourth-order valence-corrected chi connectivity index (χ4v) is 2.94. The molecule has 0 rings (SSSR count). The summed E-state index contributed by atoms with van der Waals surface area (Å²) >= 11 is 0. The predicted molar refractivity (Wildman–Crippen MR) is 99.9 cm³/mol. The summed E-state index contributed by atoms with van der Waals surface area (Å²) in [4.78, 5) is 11.6. The van der Waals surface area contributed by atoms with Gasteiger partial charge in [-0.25, -0.2) is 0 Å². The predicted octanol–water partition coefficient (Wildman–Crippen LogP) is 4.42. The van der Waals surface area contributed by atoms with E-state index in [9.17, 15) is 4.79 Å². The molecule has 0 bridgehead atoms. The molecule has 3 N–H and O–H groups in total. The first-order chi connectivity index (χ1) is 11.9. The molecule has 0 amide bonds. The third kappa shape index (κ3) is 15.3. The monoisotopic (exact) mass is 360 g/mol. The minimum atomic E-state index is -2.96. The maximum atomic E-state index is 11.6. The highest BCUT2D eigenvalue weighted by atomic mass is 16.7. The van der Waals surface area contributed by atoms with Crippen LogP contribution in [-0.4, -0.2) is 33.4 Å². The van der Waals surface area contributed by atoms with Gasteiger partial charge >= 0.3 is 11.9 Å². The van der Waals surface area contributed by atoms with Crippen LogP contribution in [0.4, 0.5) is 0 Å². The second kappa shape index (κ2) is 15.6. The second-order valence-electron chi connectivity index (χ2n) is 7.07. The van der Waals surface area contributed by atoms with E-state index in [1.165, 1.54) is 64.2 Å². The lowest BCUT2D eigenvalue weighted by Crippen LogP contribution is -2.44. The van der Waals surface area contributed by atoms with Crippen LogP contribution in [-0.2, 0) is 9.53 Å². The molecule has 0 fully saturated rings. The Bertz CT molecular complexity index is 312. The Balaban J connectivity index is 3.39. The highest BCUT2D eigenvalue weighted by molar-refractivity contribution is 5.69.